The van der Waals surface area contributed by atoms with Crippen molar-refractivity contribution in [3.8, 4) is 5.75 Å². The summed E-state index contributed by atoms with van der Waals surface area (Å²) in [6, 6.07) is 19.2. The maximum absolute atomic E-state index is 13.8. The van der Waals surface area contributed by atoms with Gasteiger partial charge in [-0.1, -0.05) is 59.6 Å². The number of rotatable bonds is 10. The summed E-state index contributed by atoms with van der Waals surface area (Å²) in [6.07, 6.45) is 0. The Bertz CT molecular complexity index is 1350. The SMILES string of the molecule is CNC(=O)[C@@H](C)N(Cc1ccccc1)C(=O)CN(c1ccc(OC)c(Cl)c1)S(=O)(=O)c1ccc(C)cc1. The number of benzene rings is 3. The summed E-state index contributed by atoms with van der Waals surface area (Å²) in [4.78, 5) is 27.6. The fourth-order valence-electron chi connectivity index (χ4n) is 3.75. The van der Waals surface area contributed by atoms with Crippen molar-refractivity contribution in [3.05, 3.63) is 88.9 Å². The highest BCUT2D eigenvalue weighted by molar-refractivity contribution is 7.92. The van der Waals surface area contributed by atoms with Crippen LogP contribution in [0.5, 0.6) is 5.75 Å². The molecule has 0 spiro atoms. The number of carbonyl (C=O) groups is 2. The molecule has 0 saturated carbocycles. The summed E-state index contributed by atoms with van der Waals surface area (Å²) in [5, 5.41) is 2.75. The van der Waals surface area contributed by atoms with Gasteiger partial charge in [-0.25, -0.2) is 8.42 Å². The van der Waals surface area contributed by atoms with E-state index >= 15 is 0 Å². The molecule has 0 radical (unpaired) electrons. The molecule has 1 atom stereocenters. The van der Waals surface area contributed by atoms with Crippen molar-refractivity contribution in [3.63, 3.8) is 0 Å². The fraction of sp³-hybridized carbons (Fsp3) is 0.259. The first-order chi connectivity index (χ1) is 17.6. The van der Waals surface area contributed by atoms with E-state index < -0.39 is 28.5 Å². The van der Waals surface area contributed by atoms with E-state index in [0.717, 1.165) is 15.4 Å². The molecule has 0 aliphatic carbocycles. The second-order valence-corrected chi connectivity index (χ2v) is 10.7. The molecule has 0 fully saturated rings. The summed E-state index contributed by atoms with van der Waals surface area (Å²) in [6.45, 7) is 3.02. The van der Waals surface area contributed by atoms with Crippen LogP contribution < -0.4 is 14.4 Å². The van der Waals surface area contributed by atoms with Crippen LogP contribution in [-0.4, -0.2) is 51.9 Å². The van der Waals surface area contributed by atoms with E-state index in [9.17, 15) is 18.0 Å². The quantitative estimate of drug-likeness (QED) is 0.417. The van der Waals surface area contributed by atoms with E-state index in [2.05, 4.69) is 5.32 Å². The Morgan fingerprint density at radius 2 is 1.68 bits per heavy atom. The van der Waals surface area contributed by atoms with Crippen molar-refractivity contribution in [1.29, 1.82) is 0 Å². The smallest absolute Gasteiger partial charge is 0.264 e. The lowest BCUT2D eigenvalue weighted by Gasteiger charge is -2.32. The zero-order valence-electron chi connectivity index (χ0n) is 21.1. The molecule has 10 heteroatoms. The van der Waals surface area contributed by atoms with Crippen molar-refractivity contribution in [2.45, 2.75) is 31.3 Å². The third-order valence-corrected chi connectivity index (χ3v) is 8.00. The number of carbonyl (C=O) groups excluding carboxylic acids is 2. The molecule has 3 rings (SSSR count). The van der Waals surface area contributed by atoms with Crippen LogP contribution in [0.3, 0.4) is 0 Å². The average Bonchev–Trinajstić information content (AvgIpc) is 2.90. The summed E-state index contributed by atoms with van der Waals surface area (Å²) in [7, 11) is -1.24. The minimum Gasteiger partial charge on any atom is -0.495 e. The molecule has 1 N–H and O–H groups in total. The third-order valence-electron chi connectivity index (χ3n) is 5.92. The molecule has 37 heavy (non-hydrogen) atoms. The summed E-state index contributed by atoms with van der Waals surface area (Å²) >= 11 is 6.31. The van der Waals surface area contributed by atoms with E-state index in [0.29, 0.717) is 5.75 Å². The Labute approximate surface area is 222 Å². The number of hydrogen-bond donors (Lipinski definition) is 1. The Balaban J connectivity index is 2.06. The number of likely N-dealkylation sites (N-methyl/N-ethyl adjacent to an activating group) is 1. The molecule has 3 aromatic rings. The number of nitrogens with one attached hydrogen (secondary N) is 1. The molecule has 196 valence electrons. The number of amides is 2. The van der Waals surface area contributed by atoms with Crippen molar-refractivity contribution in [1.82, 2.24) is 10.2 Å². The van der Waals surface area contributed by atoms with Gasteiger partial charge in [-0.3, -0.25) is 13.9 Å². The van der Waals surface area contributed by atoms with Gasteiger partial charge in [-0.15, -0.1) is 0 Å². The van der Waals surface area contributed by atoms with Crippen LogP contribution in [0.15, 0.2) is 77.7 Å². The predicted molar refractivity (Wildman–Crippen MR) is 144 cm³/mol. The fourth-order valence-corrected chi connectivity index (χ4v) is 5.41. The van der Waals surface area contributed by atoms with Crippen molar-refractivity contribution in [2.24, 2.45) is 0 Å². The second kappa shape index (κ2) is 12.1. The zero-order valence-corrected chi connectivity index (χ0v) is 22.7. The van der Waals surface area contributed by atoms with Crippen LogP contribution >= 0.6 is 11.6 Å². The minimum absolute atomic E-state index is 0.0202. The molecule has 0 heterocycles. The van der Waals surface area contributed by atoms with Gasteiger partial charge in [-0.2, -0.15) is 0 Å². The van der Waals surface area contributed by atoms with Crippen LogP contribution in [0.1, 0.15) is 18.1 Å². The van der Waals surface area contributed by atoms with E-state index in [-0.39, 0.29) is 28.1 Å². The molecule has 2 amide bonds. The van der Waals surface area contributed by atoms with Crippen LogP contribution in [0.4, 0.5) is 5.69 Å². The normalized spacial score (nSPS) is 11.9. The van der Waals surface area contributed by atoms with Crippen LogP contribution in [0.25, 0.3) is 0 Å². The monoisotopic (exact) mass is 543 g/mol. The predicted octanol–water partition coefficient (Wildman–Crippen LogP) is 4.02. The maximum atomic E-state index is 13.8. The molecular formula is C27H30ClN3O5S. The standard InChI is InChI=1S/C27H30ClN3O5S/c1-19-10-13-23(14-11-19)37(34,35)31(22-12-15-25(36-4)24(28)16-22)18-26(32)30(20(2)27(33)29-3)17-21-8-6-5-7-9-21/h5-16,20H,17-18H2,1-4H3,(H,29,33)/t20-/m1/s1. The molecule has 8 nitrogen and oxygen atoms in total. The molecule has 3 aromatic carbocycles. The third kappa shape index (κ3) is 6.61. The molecule has 0 aliphatic heterocycles. The van der Waals surface area contributed by atoms with Gasteiger partial charge in [0, 0.05) is 13.6 Å². The van der Waals surface area contributed by atoms with Gasteiger partial charge in [0.2, 0.25) is 11.8 Å². The van der Waals surface area contributed by atoms with E-state index in [1.54, 1.807) is 19.1 Å². The van der Waals surface area contributed by atoms with Gasteiger partial charge in [-0.05, 0) is 49.7 Å². The highest BCUT2D eigenvalue weighted by Gasteiger charge is 2.32. The van der Waals surface area contributed by atoms with E-state index in [1.165, 1.54) is 49.4 Å². The molecule has 0 aliphatic rings. The van der Waals surface area contributed by atoms with E-state index in [1.807, 2.05) is 37.3 Å². The lowest BCUT2D eigenvalue weighted by Crippen LogP contribution is -2.50. The van der Waals surface area contributed by atoms with Crippen molar-refractivity contribution in [2.75, 3.05) is 25.0 Å². The first-order valence-electron chi connectivity index (χ1n) is 11.6. The van der Waals surface area contributed by atoms with Gasteiger partial charge < -0.3 is 15.0 Å². The Hall–Kier alpha value is -3.56. The first-order valence-corrected chi connectivity index (χ1v) is 13.4. The number of aryl methyl sites for hydroxylation is 1. The van der Waals surface area contributed by atoms with Crippen LogP contribution in [-0.2, 0) is 26.2 Å². The number of anilines is 1. The number of nitrogens with zero attached hydrogens (tertiary/aromatic N) is 2. The Kier molecular flexibility index (Phi) is 9.18. The molecule has 0 aromatic heterocycles. The lowest BCUT2D eigenvalue weighted by atomic mass is 10.1. The molecule has 0 bridgehead atoms. The van der Waals surface area contributed by atoms with Gasteiger partial charge in [0.1, 0.15) is 18.3 Å². The number of halogens is 1. The average molecular weight is 544 g/mol. The number of sulfonamides is 1. The Morgan fingerprint density at radius 1 is 1.03 bits per heavy atom. The zero-order chi connectivity index (χ0) is 27.2. The first kappa shape index (κ1) is 28.0. The van der Waals surface area contributed by atoms with Gasteiger partial charge in [0.15, 0.2) is 0 Å². The lowest BCUT2D eigenvalue weighted by molar-refractivity contribution is -0.139. The Morgan fingerprint density at radius 3 is 2.24 bits per heavy atom. The highest BCUT2D eigenvalue weighted by Crippen LogP contribution is 2.32. The molecular weight excluding hydrogens is 514 g/mol. The van der Waals surface area contributed by atoms with Crippen LogP contribution in [0, 0.1) is 6.92 Å². The van der Waals surface area contributed by atoms with E-state index in [4.69, 9.17) is 16.3 Å². The second-order valence-electron chi connectivity index (χ2n) is 8.44. The van der Waals surface area contributed by atoms with Crippen molar-refractivity contribution >= 4 is 39.1 Å². The number of methoxy groups -OCH3 is 1. The minimum atomic E-state index is -4.17. The summed E-state index contributed by atoms with van der Waals surface area (Å²) in [5.74, 6) is -0.560. The van der Waals surface area contributed by atoms with Gasteiger partial charge in [0.05, 0.1) is 22.7 Å². The molecule has 0 saturated heterocycles. The van der Waals surface area contributed by atoms with Crippen molar-refractivity contribution < 1.29 is 22.7 Å². The molecule has 0 unspecified atom stereocenters. The van der Waals surface area contributed by atoms with Crippen LogP contribution in [0.2, 0.25) is 5.02 Å². The maximum Gasteiger partial charge on any atom is 0.264 e. The summed E-state index contributed by atoms with van der Waals surface area (Å²) < 4.78 is 33.8. The largest absolute Gasteiger partial charge is 0.495 e. The van der Waals surface area contributed by atoms with Gasteiger partial charge >= 0.3 is 0 Å². The highest BCUT2D eigenvalue weighted by atomic mass is 35.5. The number of hydrogen-bond acceptors (Lipinski definition) is 5. The summed E-state index contributed by atoms with van der Waals surface area (Å²) in [5.41, 5.74) is 1.88. The van der Waals surface area contributed by atoms with Gasteiger partial charge in [0.25, 0.3) is 10.0 Å². The number of ether oxygens (including phenoxy) is 1. The topological polar surface area (TPSA) is 96.0 Å².